The summed E-state index contributed by atoms with van der Waals surface area (Å²) in [4.78, 5) is 15.6. The number of nitrogens with zero attached hydrogens (tertiary/aromatic N) is 2. The molecular weight excluding hydrogens is 232 g/mol. The molecule has 0 aliphatic rings. The number of carbonyl (C=O) groups is 1. The van der Waals surface area contributed by atoms with Gasteiger partial charge in [0.25, 0.3) is 0 Å². The zero-order valence-electron chi connectivity index (χ0n) is 9.92. The van der Waals surface area contributed by atoms with Crippen molar-refractivity contribution in [2.75, 3.05) is 6.61 Å². The van der Waals surface area contributed by atoms with Crippen LogP contribution in [0.25, 0.3) is 11.1 Å². The van der Waals surface area contributed by atoms with Gasteiger partial charge >= 0.3 is 5.97 Å². The van der Waals surface area contributed by atoms with Crippen LogP contribution in [0.15, 0.2) is 28.7 Å². The predicted molar refractivity (Wildman–Crippen MR) is 63.6 cm³/mol. The van der Waals surface area contributed by atoms with E-state index in [0.717, 1.165) is 0 Å². The summed E-state index contributed by atoms with van der Waals surface area (Å²) < 4.78 is 10.3. The Morgan fingerprint density at radius 2 is 2.33 bits per heavy atom. The molecule has 0 N–H and O–H groups in total. The summed E-state index contributed by atoms with van der Waals surface area (Å²) in [6.07, 6.45) is -0.0445. The Kier molecular flexibility index (Phi) is 3.58. The highest BCUT2D eigenvalue weighted by Crippen LogP contribution is 2.23. The second-order valence-corrected chi connectivity index (χ2v) is 3.71. The van der Waals surface area contributed by atoms with Crippen LogP contribution >= 0.6 is 0 Å². The van der Waals surface area contributed by atoms with E-state index in [1.54, 1.807) is 19.1 Å². The molecule has 0 aliphatic carbocycles. The third-order valence-corrected chi connectivity index (χ3v) is 2.44. The van der Waals surface area contributed by atoms with Crippen molar-refractivity contribution in [3.63, 3.8) is 0 Å². The van der Waals surface area contributed by atoms with Crippen LogP contribution in [0, 0.1) is 11.3 Å². The molecule has 0 fully saturated rings. The minimum atomic E-state index is -0.712. The summed E-state index contributed by atoms with van der Waals surface area (Å²) in [6, 6.07) is 9.23. The second kappa shape index (κ2) is 5.32. The number of rotatable bonds is 4. The van der Waals surface area contributed by atoms with Crippen LogP contribution in [0.5, 0.6) is 0 Å². The molecule has 0 radical (unpaired) electrons. The average Bonchev–Trinajstić information content (AvgIpc) is 2.79. The van der Waals surface area contributed by atoms with Gasteiger partial charge in [0.15, 0.2) is 5.58 Å². The summed E-state index contributed by atoms with van der Waals surface area (Å²) >= 11 is 0. The minimum Gasteiger partial charge on any atom is -0.466 e. The quantitative estimate of drug-likeness (QED) is 0.772. The van der Waals surface area contributed by atoms with Crippen molar-refractivity contribution in [3.05, 3.63) is 30.2 Å². The van der Waals surface area contributed by atoms with Crippen LogP contribution in [-0.2, 0) is 9.53 Å². The topological polar surface area (TPSA) is 76.1 Å². The zero-order valence-corrected chi connectivity index (χ0v) is 9.92. The minimum absolute atomic E-state index is 0.0445. The van der Waals surface area contributed by atoms with Crippen molar-refractivity contribution in [3.8, 4) is 6.07 Å². The van der Waals surface area contributed by atoms with Crippen molar-refractivity contribution in [1.82, 2.24) is 4.98 Å². The van der Waals surface area contributed by atoms with E-state index in [1.807, 2.05) is 18.2 Å². The van der Waals surface area contributed by atoms with E-state index >= 15 is 0 Å². The number of esters is 1. The van der Waals surface area contributed by atoms with Crippen molar-refractivity contribution >= 4 is 17.1 Å². The van der Waals surface area contributed by atoms with Gasteiger partial charge in [-0.2, -0.15) is 5.26 Å². The fraction of sp³-hybridized carbons (Fsp3) is 0.308. The van der Waals surface area contributed by atoms with Crippen LogP contribution in [-0.4, -0.2) is 17.6 Å². The molecule has 2 aromatic rings. The van der Waals surface area contributed by atoms with Crippen LogP contribution < -0.4 is 0 Å². The molecule has 0 spiro atoms. The number of oxazole rings is 1. The highest BCUT2D eigenvalue weighted by Gasteiger charge is 2.21. The Hall–Kier alpha value is -2.35. The van der Waals surface area contributed by atoms with Gasteiger partial charge in [0.1, 0.15) is 11.4 Å². The highest BCUT2D eigenvalue weighted by atomic mass is 16.5. The fourth-order valence-corrected chi connectivity index (χ4v) is 1.61. The Labute approximate surface area is 104 Å². The number of hydrogen-bond acceptors (Lipinski definition) is 5. The fourth-order valence-electron chi connectivity index (χ4n) is 1.61. The summed E-state index contributed by atoms with van der Waals surface area (Å²) in [5.74, 6) is -0.880. The van der Waals surface area contributed by atoms with Crippen LogP contribution in [0.1, 0.15) is 25.2 Å². The molecule has 0 saturated carbocycles. The number of fused-ring (bicyclic) bond motifs is 1. The van der Waals surface area contributed by atoms with Gasteiger partial charge in [-0.3, -0.25) is 4.79 Å². The number of carbonyl (C=O) groups excluding carboxylic acids is 1. The van der Waals surface area contributed by atoms with Crippen LogP contribution in [0.3, 0.4) is 0 Å². The smallest absolute Gasteiger partial charge is 0.307 e. The van der Waals surface area contributed by atoms with Crippen molar-refractivity contribution in [2.24, 2.45) is 0 Å². The Morgan fingerprint density at radius 1 is 1.56 bits per heavy atom. The first kappa shape index (κ1) is 12.1. The van der Waals surface area contributed by atoms with Crippen LogP contribution in [0.4, 0.5) is 0 Å². The number of ether oxygens (including phenoxy) is 1. The first-order valence-corrected chi connectivity index (χ1v) is 5.65. The standard InChI is InChI=1S/C13H12N2O3/c1-2-17-12(16)7-9(8-14)13-15-10-5-3-4-6-11(10)18-13/h3-6,9H,2,7H2,1H3. The van der Waals surface area contributed by atoms with Gasteiger partial charge < -0.3 is 9.15 Å². The molecule has 5 heteroatoms. The number of aromatic nitrogens is 1. The summed E-state index contributed by atoms with van der Waals surface area (Å²) in [5, 5.41) is 9.06. The lowest BCUT2D eigenvalue weighted by molar-refractivity contribution is -0.143. The SMILES string of the molecule is CCOC(=O)CC(C#N)c1nc2ccccc2o1. The number of nitriles is 1. The van der Waals surface area contributed by atoms with Gasteiger partial charge in [0.05, 0.1) is 19.1 Å². The maximum absolute atomic E-state index is 11.4. The molecule has 1 aromatic heterocycles. The Morgan fingerprint density at radius 3 is 3.00 bits per heavy atom. The van der Waals surface area contributed by atoms with E-state index in [4.69, 9.17) is 14.4 Å². The molecule has 0 amide bonds. The number of para-hydroxylation sites is 2. The zero-order chi connectivity index (χ0) is 13.0. The first-order chi connectivity index (χ1) is 8.74. The molecule has 1 unspecified atom stereocenters. The third kappa shape index (κ3) is 2.48. The van der Waals surface area contributed by atoms with E-state index in [1.165, 1.54) is 0 Å². The molecule has 0 aliphatic heterocycles. The second-order valence-electron chi connectivity index (χ2n) is 3.71. The van der Waals surface area contributed by atoms with Crippen molar-refractivity contribution in [2.45, 2.75) is 19.3 Å². The summed E-state index contributed by atoms with van der Waals surface area (Å²) in [7, 11) is 0. The Bertz CT molecular complexity index is 565. The van der Waals surface area contributed by atoms with E-state index in [2.05, 4.69) is 4.98 Å². The monoisotopic (exact) mass is 244 g/mol. The first-order valence-electron chi connectivity index (χ1n) is 5.65. The van der Waals surface area contributed by atoms with Crippen LogP contribution in [0.2, 0.25) is 0 Å². The van der Waals surface area contributed by atoms with Crippen molar-refractivity contribution < 1.29 is 13.9 Å². The van der Waals surface area contributed by atoms with E-state index in [9.17, 15) is 4.79 Å². The van der Waals surface area contributed by atoms with Gasteiger partial charge in [-0.05, 0) is 19.1 Å². The summed E-state index contributed by atoms with van der Waals surface area (Å²) in [5.41, 5.74) is 1.29. The lowest BCUT2D eigenvalue weighted by Crippen LogP contribution is -2.09. The maximum atomic E-state index is 11.4. The average molecular weight is 244 g/mol. The molecule has 92 valence electrons. The van der Waals surface area contributed by atoms with E-state index in [0.29, 0.717) is 17.7 Å². The molecule has 0 saturated heterocycles. The molecule has 18 heavy (non-hydrogen) atoms. The molecular formula is C13H12N2O3. The largest absolute Gasteiger partial charge is 0.466 e. The van der Waals surface area contributed by atoms with Gasteiger partial charge in [-0.25, -0.2) is 4.98 Å². The van der Waals surface area contributed by atoms with Gasteiger partial charge in [0, 0.05) is 0 Å². The molecule has 0 bridgehead atoms. The molecule has 2 rings (SSSR count). The van der Waals surface area contributed by atoms with E-state index < -0.39 is 11.9 Å². The number of benzene rings is 1. The van der Waals surface area contributed by atoms with Gasteiger partial charge in [-0.15, -0.1) is 0 Å². The predicted octanol–water partition coefficient (Wildman–Crippen LogP) is 2.39. The normalized spacial score (nSPS) is 12.0. The van der Waals surface area contributed by atoms with E-state index in [-0.39, 0.29) is 12.3 Å². The maximum Gasteiger partial charge on any atom is 0.307 e. The number of hydrogen-bond donors (Lipinski definition) is 0. The highest BCUT2D eigenvalue weighted by molar-refractivity contribution is 5.73. The van der Waals surface area contributed by atoms with Crippen molar-refractivity contribution in [1.29, 1.82) is 5.26 Å². The lowest BCUT2D eigenvalue weighted by Gasteiger charge is -2.03. The molecule has 1 aromatic carbocycles. The van der Waals surface area contributed by atoms with Gasteiger partial charge in [-0.1, -0.05) is 12.1 Å². The summed E-state index contributed by atoms with van der Waals surface area (Å²) in [6.45, 7) is 2.02. The van der Waals surface area contributed by atoms with Gasteiger partial charge in [0.2, 0.25) is 5.89 Å². The Balaban J connectivity index is 2.22. The molecule has 5 nitrogen and oxygen atoms in total. The lowest BCUT2D eigenvalue weighted by atomic mass is 10.1. The molecule has 1 heterocycles. The third-order valence-electron chi connectivity index (χ3n) is 2.44. The molecule has 1 atom stereocenters.